The molecule has 0 atom stereocenters. The number of halogens is 2. The fraction of sp³-hybridized carbons (Fsp3) is 0.273. The SMILES string of the molecule is C#CCN(CC)S(=O)(=O)c1c(Br)cc(N)cc1Br. The molecule has 1 aromatic rings. The molecule has 1 rings (SSSR count). The summed E-state index contributed by atoms with van der Waals surface area (Å²) in [5, 5.41) is 0. The van der Waals surface area contributed by atoms with E-state index in [4.69, 9.17) is 12.2 Å². The van der Waals surface area contributed by atoms with Gasteiger partial charge in [-0.1, -0.05) is 12.8 Å². The molecule has 18 heavy (non-hydrogen) atoms. The molecule has 0 fully saturated rings. The van der Waals surface area contributed by atoms with E-state index in [-0.39, 0.29) is 11.4 Å². The number of nitrogens with zero attached hydrogens (tertiary/aromatic N) is 1. The van der Waals surface area contributed by atoms with E-state index < -0.39 is 10.0 Å². The first kappa shape index (κ1) is 15.5. The monoisotopic (exact) mass is 394 g/mol. The van der Waals surface area contributed by atoms with Gasteiger partial charge in [0.15, 0.2) is 0 Å². The number of hydrogen-bond acceptors (Lipinski definition) is 3. The van der Waals surface area contributed by atoms with Crippen LogP contribution in [-0.4, -0.2) is 25.8 Å². The molecule has 0 aliphatic heterocycles. The van der Waals surface area contributed by atoms with Crippen LogP contribution in [0.4, 0.5) is 5.69 Å². The van der Waals surface area contributed by atoms with E-state index >= 15 is 0 Å². The Hall–Kier alpha value is -0.550. The van der Waals surface area contributed by atoms with Gasteiger partial charge in [0, 0.05) is 21.2 Å². The van der Waals surface area contributed by atoms with Crippen LogP contribution in [0.5, 0.6) is 0 Å². The van der Waals surface area contributed by atoms with Crippen molar-refractivity contribution in [1.29, 1.82) is 0 Å². The third kappa shape index (κ3) is 3.06. The van der Waals surface area contributed by atoms with E-state index in [0.717, 1.165) is 0 Å². The molecule has 0 aromatic heterocycles. The van der Waals surface area contributed by atoms with Gasteiger partial charge in [0.1, 0.15) is 4.90 Å². The smallest absolute Gasteiger partial charge is 0.246 e. The normalized spacial score (nSPS) is 11.5. The molecule has 1 aromatic carbocycles. The topological polar surface area (TPSA) is 63.4 Å². The van der Waals surface area contributed by atoms with Gasteiger partial charge in [-0.05, 0) is 44.0 Å². The lowest BCUT2D eigenvalue weighted by molar-refractivity contribution is 0.463. The Balaban J connectivity index is 3.42. The summed E-state index contributed by atoms with van der Waals surface area (Å²) in [6.45, 7) is 2.06. The average molecular weight is 396 g/mol. The zero-order valence-electron chi connectivity index (χ0n) is 9.65. The number of nitrogens with two attached hydrogens (primary N) is 1. The molecule has 2 N–H and O–H groups in total. The Morgan fingerprint density at radius 1 is 1.39 bits per heavy atom. The lowest BCUT2D eigenvalue weighted by atomic mass is 10.3. The van der Waals surface area contributed by atoms with Crippen LogP contribution < -0.4 is 5.73 Å². The summed E-state index contributed by atoms with van der Waals surface area (Å²) in [4.78, 5) is 0.133. The van der Waals surface area contributed by atoms with Crippen LogP contribution in [0.25, 0.3) is 0 Å². The zero-order valence-corrected chi connectivity index (χ0v) is 13.6. The Morgan fingerprint density at radius 2 is 1.89 bits per heavy atom. The Morgan fingerprint density at radius 3 is 2.28 bits per heavy atom. The molecule has 0 bridgehead atoms. The summed E-state index contributed by atoms with van der Waals surface area (Å²) >= 11 is 6.43. The summed E-state index contributed by atoms with van der Waals surface area (Å²) in [7, 11) is -3.65. The van der Waals surface area contributed by atoms with E-state index in [1.165, 1.54) is 4.31 Å². The quantitative estimate of drug-likeness (QED) is 0.629. The van der Waals surface area contributed by atoms with E-state index in [1.54, 1.807) is 19.1 Å². The van der Waals surface area contributed by atoms with Crippen LogP contribution in [0.3, 0.4) is 0 Å². The number of nitrogen functional groups attached to an aromatic ring is 1. The van der Waals surface area contributed by atoms with Crippen molar-refractivity contribution >= 4 is 47.6 Å². The minimum atomic E-state index is -3.65. The van der Waals surface area contributed by atoms with Gasteiger partial charge >= 0.3 is 0 Å². The highest BCUT2D eigenvalue weighted by molar-refractivity contribution is 9.11. The lowest BCUT2D eigenvalue weighted by Crippen LogP contribution is -2.31. The third-order valence-corrected chi connectivity index (χ3v) is 6.04. The van der Waals surface area contributed by atoms with Gasteiger partial charge in [0.2, 0.25) is 10.0 Å². The van der Waals surface area contributed by atoms with E-state index in [0.29, 0.717) is 21.2 Å². The molecule has 0 radical (unpaired) electrons. The van der Waals surface area contributed by atoms with Crippen LogP contribution in [-0.2, 0) is 10.0 Å². The Kier molecular flexibility index (Phi) is 5.22. The molecule has 0 aliphatic rings. The highest BCUT2D eigenvalue weighted by Gasteiger charge is 2.27. The summed E-state index contributed by atoms with van der Waals surface area (Å²) in [6.07, 6.45) is 5.18. The van der Waals surface area contributed by atoms with Crippen LogP contribution in [0.2, 0.25) is 0 Å². The van der Waals surface area contributed by atoms with E-state index in [2.05, 4.69) is 37.8 Å². The maximum absolute atomic E-state index is 12.4. The van der Waals surface area contributed by atoms with Crippen molar-refractivity contribution in [2.24, 2.45) is 0 Å². The van der Waals surface area contributed by atoms with E-state index in [1.807, 2.05) is 0 Å². The molecular weight excluding hydrogens is 384 g/mol. The minimum Gasteiger partial charge on any atom is -0.399 e. The predicted octanol–water partition coefficient (Wildman–Crippen LogP) is 2.44. The van der Waals surface area contributed by atoms with Gasteiger partial charge in [-0.15, -0.1) is 6.42 Å². The highest BCUT2D eigenvalue weighted by Crippen LogP contribution is 2.34. The van der Waals surface area contributed by atoms with Crippen molar-refractivity contribution in [3.05, 3.63) is 21.1 Å². The van der Waals surface area contributed by atoms with Gasteiger partial charge in [-0.3, -0.25) is 0 Å². The molecule has 0 heterocycles. The fourth-order valence-electron chi connectivity index (χ4n) is 1.42. The van der Waals surface area contributed by atoms with E-state index in [9.17, 15) is 8.42 Å². The number of terminal acetylenes is 1. The first-order chi connectivity index (χ1) is 8.34. The van der Waals surface area contributed by atoms with Crippen LogP contribution in [0.1, 0.15) is 6.92 Å². The van der Waals surface area contributed by atoms with Gasteiger partial charge in [-0.25, -0.2) is 8.42 Å². The first-order valence-electron chi connectivity index (χ1n) is 5.02. The van der Waals surface area contributed by atoms with Gasteiger partial charge in [0.05, 0.1) is 6.54 Å². The molecular formula is C11H12Br2N2O2S. The van der Waals surface area contributed by atoms with Crippen LogP contribution in [0, 0.1) is 12.3 Å². The van der Waals surface area contributed by atoms with Crippen molar-refractivity contribution < 1.29 is 8.42 Å². The van der Waals surface area contributed by atoms with Crippen molar-refractivity contribution in [3.8, 4) is 12.3 Å². The molecule has 0 aliphatic carbocycles. The molecule has 0 unspecified atom stereocenters. The summed E-state index contributed by atoms with van der Waals surface area (Å²) in [6, 6.07) is 3.09. The molecule has 4 nitrogen and oxygen atoms in total. The Bertz CT molecular complexity index is 571. The number of sulfonamides is 1. The molecule has 0 amide bonds. The molecule has 0 saturated carbocycles. The fourth-order valence-corrected chi connectivity index (χ4v) is 5.33. The Labute approximate surface area is 124 Å². The van der Waals surface area contributed by atoms with Crippen LogP contribution in [0.15, 0.2) is 26.0 Å². The lowest BCUT2D eigenvalue weighted by Gasteiger charge is -2.19. The molecule has 0 spiro atoms. The minimum absolute atomic E-state index is 0.0299. The first-order valence-corrected chi connectivity index (χ1v) is 8.05. The predicted molar refractivity (Wildman–Crippen MR) is 79.5 cm³/mol. The maximum Gasteiger partial charge on any atom is 0.246 e. The number of anilines is 1. The van der Waals surface area contributed by atoms with Gasteiger partial charge in [-0.2, -0.15) is 4.31 Å². The van der Waals surface area contributed by atoms with Gasteiger partial charge in [0.25, 0.3) is 0 Å². The molecule has 98 valence electrons. The summed E-state index contributed by atoms with van der Waals surface area (Å²) < 4.78 is 26.9. The van der Waals surface area contributed by atoms with Crippen LogP contribution >= 0.6 is 31.9 Å². The van der Waals surface area contributed by atoms with Crippen molar-refractivity contribution in [3.63, 3.8) is 0 Å². The summed E-state index contributed by atoms with van der Waals surface area (Å²) in [5.41, 5.74) is 6.10. The molecule has 7 heteroatoms. The van der Waals surface area contributed by atoms with Crippen molar-refractivity contribution in [2.75, 3.05) is 18.8 Å². The largest absolute Gasteiger partial charge is 0.399 e. The second kappa shape index (κ2) is 6.06. The van der Waals surface area contributed by atoms with Gasteiger partial charge < -0.3 is 5.73 Å². The number of benzene rings is 1. The summed E-state index contributed by atoms with van der Waals surface area (Å²) in [5.74, 6) is 2.34. The highest BCUT2D eigenvalue weighted by atomic mass is 79.9. The third-order valence-electron chi connectivity index (χ3n) is 2.24. The maximum atomic E-state index is 12.4. The number of hydrogen-bond donors (Lipinski definition) is 1. The second-order valence-electron chi connectivity index (χ2n) is 3.45. The van der Waals surface area contributed by atoms with Crippen molar-refractivity contribution in [1.82, 2.24) is 4.31 Å². The zero-order chi connectivity index (χ0) is 13.9. The molecule has 0 saturated heterocycles. The number of rotatable bonds is 4. The average Bonchev–Trinajstić information content (AvgIpc) is 2.23. The van der Waals surface area contributed by atoms with Crippen molar-refractivity contribution in [2.45, 2.75) is 11.8 Å². The second-order valence-corrected chi connectivity index (χ2v) is 7.03. The standard InChI is InChI=1S/C11H12Br2N2O2S/c1-3-5-15(4-2)18(16,17)11-9(12)6-8(14)7-10(11)13/h1,6-7H,4-5,14H2,2H3.